The number of likely N-dealkylation sites (N-methyl/N-ethyl adjacent to an activating group) is 1. The van der Waals surface area contributed by atoms with Gasteiger partial charge in [-0.3, -0.25) is 4.79 Å². The van der Waals surface area contributed by atoms with Crippen LogP contribution in [0, 0.1) is 0 Å². The van der Waals surface area contributed by atoms with Gasteiger partial charge in [0.1, 0.15) is 5.82 Å². The second-order valence-corrected chi connectivity index (χ2v) is 6.00. The summed E-state index contributed by atoms with van der Waals surface area (Å²) < 4.78 is 0. The Kier molecular flexibility index (Phi) is 5.38. The molecule has 0 unspecified atom stereocenters. The lowest BCUT2D eigenvalue weighted by atomic mass is 10.1. The molecule has 1 aromatic carbocycles. The molecule has 1 aromatic heterocycles. The molecule has 1 amide bonds. The van der Waals surface area contributed by atoms with Crippen molar-refractivity contribution in [1.29, 1.82) is 0 Å². The molecule has 1 saturated heterocycles. The van der Waals surface area contributed by atoms with Crippen LogP contribution >= 0.6 is 0 Å². The molecule has 2 heterocycles. The van der Waals surface area contributed by atoms with E-state index in [-0.39, 0.29) is 5.91 Å². The molecule has 0 spiro atoms. The first-order valence-electron chi connectivity index (χ1n) is 8.43. The van der Waals surface area contributed by atoms with Crippen LogP contribution in [-0.4, -0.2) is 46.7 Å². The maximum Gasteiger partial charge on any atom is 0.276 e. The normalized spacial score (nSPS) is 18.1. The van der Waals surface area contributed by atoms with Crippen LogP contribution < -0.4 is 10.6 Å². The van der Waals surface area contributed by atoms with Crippen molar-refractivity contribution in [1.82, 2.24) is 15.1 Å². The van der Waals surface area contributed by atoms with Crippen molar-refractivity contribution in [3.05, 3.63) is 48.2 Å². The first kappa shape index (κ1) is 16.4. The Labute approximate surface area is 142 Å². The Balaban J connectivity index is 1.58. The molecule has 0 radical (unpaired) electrons. The predicted molar refractivity (Wildman–Crippen MR) is 95.2 cm³/mol. The zero-order valence-electron chi connectivity index (χ0n) is 13.9. The zero-order chi connectivity index (χ0) is 16.8. The number of para-hydroxylation sites is 1. The Morgan fingerprint density at radius 1 is 1.21 bits per heavy atom. The minimum Gasteiger partial charge on any atom is -0.365 e. The number of benzene rings is 1. The molecule has 1 aliphatic rings. The van der Waals surface area contributed by atoms with Crippen LogP contribution in [0.25, 0.3) is 0 Å². The second kappa shape index (κ2) is 7.88. The number of hydrogen-bond acceptors (Lipinski definition) is 5. The largest absolute Gasteiger partial charge is 0.365 e. The van der Waals surface area contributed by atoms with Crippen LogP contribution in [0.15, 0.2) is 42.5 Å². The molecule has 2 N–H and O–H groups in total. The van der Waals surface area contributed by atoms with Gasteiger partial charge >= 0.3 is 0 Å². The molecular weight excluding hydrogens is 302 g/mol. The van der Waals surface area contributed by atoms with Crippen molar-refractivity contribution in [3.8, 4) is 0 Å². The molecule has 0 saturated carbocycles. The van der Waals surface area contributed by atoms with Gasteiger partial charge in [0.2, 0.25) is 0 Å². The number of piperidine rings is 1. The molecule has 3 rings (SSSR count). The van der Waals surface area contributed by atoms with Gasteiger partial charge in [-0.25, -0.2) is 0 Å². The van der Waals surface area contributed by atoms with Crippen molar-refractivity contribution < 1.29 is 4.79 Å². The number of rotatable bonds is 5. The van der Waals surface area contributed by atoms with Crippen LogP contribution in [0.1, 0.15) is 30.3 Å². The van der Waals surface area contributed by atoms with Crippen molar-refractivity contribution >= 4 is 17.4 Å². The second-order valence-electron chi connectivity index (χ2n) is 6.00. The summed E-state index contributed by atoms with van der Waals surface area (Å²) in [6, 6.07) is 13.2. The minimum atomic E-state index is -0.255. The highest BCUT2D eigenvalue weighted by Gasteiger charge is 2.19. The molecule has 24 heavy (non-hydrogen) atoms. The molecular formula is C18H23N5O. The van der Waals surface area contributed by atoms with Gasteiger partial charge in [-0.2, -0.15) is 0 Å². The van der Waals surface area contributed by atoms with Gasteiger partial charge in [-0.15, -0.1) is 10.2 Å². The zero-order valence-corrected chi connectivity index (χ0v) is 13.9. The van der Waals surface area contributed by atoms with E-state index >= 15 is 0 Å². The van der Waals surface area contributed by atoms with Crippen molar-refractivity contribution in [2.45, 2.75) is 25.8 Å². The first-order chi connectivity index (χ1) is 11.7. The van der Waals surface area contributed by atoms with Crippen LogP contribution in [0.2, 0.25) is 0 Å². The number of carbonyl (C=O) groups is 1. The summed E-state index contributed by atoms with van der Waals surface area (Å²) in [6.07, 6.45) is 2.32. The predicted octanol–water partition coefficient (Wildman–Crippen LogP) is 2.63. The first-order valence-corrected chi connectivity index (χ1v) is 8.43. The third-order valence-corrected chi connectivity index (χ3v) is 4.23. The lowest BCUT2D eigenvalue weighted by Crippen LogP contribution is -2.42. The topological polar surface area (TPSA) is 70.2 Å². The average molecular weight is 325 g/mol. The van der Waals surface area contributed by atoms with E-state index in [2.05, 4.69) is 32.7 Å². The number of carbonyl (C=O) groups excluding carboxylic acids is 1. The number of nitrogens with zero attached hydrogens (tertiary/aromatic N) is 3. The lowest BCUT2D eigenvalue weighted by Gasteiger charge is -2.32. The smallest absolute Gasteiger partial charge is 0.276 e. The highest BCUT2D eigenvalue weighted by Crippen LogP contribution is 2.14. The number of aromatic nitrogens is 2. The number of hydrogen-bond donors (Lipinski definition) is 2. The highest BCUT2D eigenvalue weighted by molar-refractivity contribution is 6.02. The molecule has 6 nitrogen and oxygen atoms in total. The van der Waals surface area contributed by atoms with Gasteiger partial charge in [0, 0.05) is 18.3 Å². The summed E-state index contributed by atoms with van der Waals surface area (Å²) in [5.41, 5.74) is 1.05. The van der Waals surface area contributed by atoms with Gasteiger partial charge in [0.15, 0.2) is 5.69 Å². The highest BCUT2D eigenvalue weighted by atomic mass is 16.1. The molecule has 0 aliphatic carbocycles. The van der Waals surface area contributed by atoms with Crippen LogP contribution in [0.4, 0.5) is 11.5 Å². The van der Waals surface area contributed by atoms with Crippen LogP contribution in [-0.2, 0) is 0 Å². The van der Waals surface area contributed by atoms with Crippen molar-refractivity contribution in [2.24, 2.45) is 0 Å². The van der Waals surface area contributed by atoms with E-state index in [1.165, 1.54) is 13.0 Å². The van der Waals surface area contributed by atoms with Gasteiger partial charge in [0.25, 0.3) is 5.91 Å². The molecule has 2 aromatic rings. The van der Waals surface area contributed by atoms with Gasteiger partial charge in [-0.1, -0.05) is 25.1 Å². The summed E-state index contributed by atoms with van der Waals surface area (Å²) in [7, 11) is 0. The summed E-state index contributed by atoms with van der Waals surface area (Å²) in [4.78, 5) is 14.6. The fraction of sp³-hybridized carbons (Fsp3) is 0.389. The number of nitrogens with one attached hydrogen (secondary N) is 2. The third kappa shape index (κ3) is 4.29. The number of amides is 1. The van der Waals surface area contributed by atoms with E-state index in [1.54, 1.807) is 6.07 Å². The van der Waals surface area contributed by atoms with Crippen LogP contribution in [0.5, 0.6) is 0 Å². The fourth-order valence-electron chi connectivity index (χ4n) is 2.92. The summed E-state index contributed by atoms with van der Waals surface area (Å²) in [5, 5.41) is 14.4. The summed E-state index contributed by atoms with van der Waals surface area (Å²) >= 11 is 0. The van der Waals surface area contributed by atoms with Crippen molar-refractivity contribution in [3.63, 3.8) is 0 Å². The standard InChI is InChI=1S/C18H23N5O/c1-2-23-12-6-9-15(13-23)19-17-11-10-16(21-22-17)18(24)20-14-7-4-3-5-8-14/h3-5,7-8,10-11,15H,2,6,9,12-13H2,1H3,(H,19,22)(H,20,24)/t15-/m1/s1. The number of likely N-dealkylation sites (tertiary alicyclic amines) is 1. The molecule has 6 heteroatoms. The lowest BCUT2D eigenvalue weighted by molar-refractivity contribution is 0.102. The Hall–Kier alpha value is -2.47. The van der Waals surface area contributed by atoms with Gasteiger partial charge in [-0.05, 0) is 50.2 Å². The number of anilines is 2. The molecule has 1 fully saturated rings. The van der Waals surface area contributed by atoms with Crippen molar-refractivity contribution in [2.75, 3.05) is 30.3 Å². The molecule has 0 bridgehead atoms. The van der Waals surface area contributed by atoms with E-state index in [1.807, 2.05) is 36.4 Å². The molecule has 1 aliphatic heterocycles. The maximum atomic E-state index is 12.2. The quantitative estimate of drug-likeness (QED) is 0.884. The maximum absolute atomic E-state index is 12.2. The Morgan fingerprint density at radius 3 is 2.75 bits per heavy atom. The SMILES string of the molecule is CCN1CCC[C@@H](Nc2ccc(C(=O)Nc3ccccc3)nn2)C1. The van der Waals surface area contributed by atoms with E-state index in [9.17, 15) is 4.79 Å². The minimum absolute atomic E-state index is 0.255. The summed E-state index contributed by atoms with van der Waals surface area (Å²) in [5.74, 6) is 0.462. The molecule has 1 atom stereocenters. The average Bonchev–Trinajstić information content (AvgIpc) is 2.63. The third-order valence-electron chi connectivity index (χ3n) is 4.23. The monoisotopic (exact) mass is 325 g/mol. The van der Waals surface area contributed by atoms with E-state index in [0.29, 0.717) is 17.6 Å². The van der Waals surface area contributed by atoms with E-state index in [4.69, 9.17) is 0 Å². The van der Waals surface area contributed by atoms with Gasteiger partial charge < -0.3 is 15.5 Å². The Bertz CT molecular complexity index is 659. The van der Waals surface area contributed by atoms with Gasteiger partial charge in [0.05, 0.1) is 0 Å². The van der Waals surface area contributed by atoms with E-state index in [0.717, 1.165) is 25.2 Å². The van der Waals surface area contributed by atoms with Crippen LogP contribution in [0.3, 0.4) is 0 Å². The van der Waals surface area contributed by atoms with E-state index < -0.39 is 0 Å². The fourth-order valence-corrected chi connectivity index (χ4v) is 2.92. The summed E-state index contributed by atoms with van der Waals surface area (Å²) in [6.45, 7) is 5.44. The Morgan fingerprint density at radius 2 is 2.04 bits per heavy atom. The molecule has 126 valence electrons.